The van der Waals surface area contributed by atoms with Crippen LogP contribution in [-0.4, -0.2) is 10.2 Å². The van der Waals surface area contributed by atoms with Crippen molar-refractivity contribution in [2.24, 2.45) is 5.92 Å². The third kappa shape index (κ3) is 4.54. The van der Waals surface area contributed by atoms with Gasteiger partial charge in [-0.2, -0.15) is 0 Å². The first kappa shape index (κ1) is 14.9. The summed E-state index contributed by atoms with van der Waals surface area (Å²) >= 11 is 8.60. The van der Waals surface area contributed by atoms with Gasteiger partial charge in [-0.05, 0) is 55.5 Å². The van der Waals surface area contributed by atoms with Crippen LogP contribution in [0, 0.1) is 5.92 Å². The summed E-state index contributed by atoms with van der Waals surface area (Å²) in [6.45, 7) is 5.13. The second-order valence-electron chi connectivity index (χ2n) is 4.70. The third-order valence-electron chi connectivity index (χ3n) is 2.48. The van der Waals surface area contributed by atoms with E-state index in [1.54, 1.807) is 11.3 Å². The molecule has 1 heterocycles. The van der Waals surface area contributed by atoms with Crippen molar-refractivity contribution in [3.8, 4) is 0 Å². The lowest BCUT2D eigenvalue weighted by Gasteiger charge is -2.04. The molecule has 2 aromatic rings. The van der Waals surface area contributed by atoms with E-state index in [1.165, 1.54) is 5.56 Å². The lowest BCUT2D eigenvalue weighted by molar-refractivity contribution is 0.640. The largest absolute Gasteiger partial charge is 0.356 e. The molecule has 0 radical (unpaired) electrons. The van der Waals surface area contributed by atoms with Crippen LogP contribution in [0.25, 0.3) is 0 Å². The molecule has 0 fully saturated rings. The zero-order chi connectivity index (χ0) is 13.8. The van der Waals surface area contributed by atoms with E-state index in [2.05, 4.69) is 73.4 Å². The average molecular weight is 405 g/mol. The number of anilines is 1. The molecule has 0 aliphatic rings. The highest BCUT2D eigenvalue weighted by Crippen LogP contribution is 2.24. The lowest BCUT2D eigenvalue weighted by Crippen LogP contribution is -1.98. The van der Waals surface area contributed by atoms with E-state index >= 15 is 0 Å². The molecule has 6 heteroatoms. The van der Waals surface area contributed by atoms with Crippen LogP contribution in [0.15, 0.2) is 27.1 Å². The molecule has 0 saturated heterocycles. The SMILES string of the molecule is CC(C)Cc1nnc(NCc2ccc(Br)c(Br)c2)s1. The fourth-order valence-corrected chi connectivity index (χ4v) is 3.20. The smallest absolute Gasteiger partial charge is 0.205 e. The van der Waals surface area contributed by atoms with E-state index in [-0.39, 0.29) is 0 Å². The van der Waals surface area contributed by atoms with Gasteiger partial charge in [-0.3, -0.25) is 0 Å². The Morgan fingerprint density at radius 2 is 2.00 bits per heavy atom. The Labute approximate surface area is 134 Å². The molecule has 3 nitrogen and oxygen atoms in total. The second-order valence-corrected chi connectivity index (χ2v) is 7.47. The molecule has 1 aromatic carbocycles. The minimum Gasteiger partial charge on any atom is -0.356 e. The Kier molecular flexibility index (Phi) is 5.36. The highest BCUT2D eigenvalue weighted by molar-refractivity contribution is 9.13. The van der Waals surface area contributed by atoms with Crippen molar-refractivity contribution in [1.29, 1.82) is 0 Å². The van der Waals surface area contributed by atoms with Gasteiger partial charge in [0.1, 0.15) is 5.01 Å². The van der Waals surface area contributed by atoms with Gasteiger partial charge >= 0.3 is 0 Å². The normalized spacial score (nSPS) is 11.0. The van der Waals surface area contributed by atoms with Gasteiger partial charge in [-0.15, -0.1) is 10.2 Å². The minimum atomic E-state index is 0.614. The number of hydrogen-bond acceptors (Lipinski definition) is 4. The van der Waals surface area contributed by atoms with Gasteiger partial charge in [0.05, 0.1) is 0 Å². The Bertz CT molecular complexity index is 555. The van der Waals surface area contributed by atoms with Crippen LogP contribution in [0.5, 0.6) is 0 Å². The molecule has 0 unspecified atom stereocenters. The Balaban J connectivity index is 1.94. The molecule has 0 aliphatic carbocycles. The topological polar surface area (TPSA) is 37.8 Å². The van der Waals surface area contributed by atoms with Crippen LogP contribution in [-0.2, 0) is 13.0 Å². The molecule has 0 bridgehead atoms. The summed E-state index contributed by atoms with van der Waals surface area (Å²) in [6.07, 6.45) is 0.989. The van der Waals surface area contributed by atoms with Crippen molar-refractivity contribution in [3.05, 3.63) is 37.7 Å². The molecular formula is C13H15Br2N3S. The first-order valence-electron chi connectivity index (χ1n) is 6.05. The van der Waals surface area contributed by atoms with Crippen LogP contribution in [0.3, 0.4) is 0 Å². The molecule has 19 heavy (non-hydrogen) atoms. The summed E-state index contributed by atoms with van der Waals surface area (Å²) in [4.78, 5) is 0. The summed E-state index contributed by atoms with van der Waals surface area (Å²) < 4.78 is 2.12. The fourth-order valence-electron chi connectivity index (χ4n) is 1.58. The number of nitrogens with zero attached hydrogens (tertiary/aromatic N) is 2. The predicted molar refractivity (Wildman–Crippen MR) is 87.6 cm³/mol. The van der Waals surface area contributed by atoms with Gasteiger partial charge in [-0.25, -0.2) is 0 Å². The van der Waals surface area contributed by atoms with E-state index in [1.807, 2.05) is 6.07 Å². The number of hydrogen-bond donors (Lipinski definition) is 1. The first-order valence-corrected chi connectivity index (χ1v) is 8.45. The summed E-state index contributed by atoms with van der Waals surface area (Å²) in [5.74, 6) is 0.614. The van der Waals surface area contributed by atoms with E-state index in [0.29, 0.717) is 5.92 Å². The zero-order valence-electron chi connectivity index (χ0n) is 10.8. The van der Waals surface area contributed by atoms with Crippen LogP contribution in [0.2, 0.25) is 0 Å². The molecule has 0 amide bonds. The van der Waals surface area contributed by atoms with Gasteiger partial charge in [0.25, 0.3) is 0 Å². The molecule has 1 N–H and O–H groups in total. The van der Waals surface area contributed by atoms with Crippen molar-refractivity contribution in [3.63, 3.8) is 0 Å². The average Bonchev–Trinajstić information content (AvgIpc) is 2.77. The number of rotatable bonds is 5. The lowest BCUT2D eigenvalue weighted by atomic mass is 10.1. The van der Waals surface area contributed by atoms with E-state index in [9.17, 15) is 0 Å². The Morgan fingerprint density at radius 3 is 2.68 bits per heavy atom. The number of nitrogens with one attached hydrogen (secondary N) is 1. The van der Waals surface area contributed by atoms with Gasteiger partial charge < -0.3 is 5.32 Å². The van der Waals surface area contributed by atoms with Crippen molar-refractivity contribution in [2.45, 2.75) is 26.8 Å². The van der Waals surface area contributed by atoms with Crippen molar-refractivity contribution in [2.75, 3.05) is 5.32 Å². The van der Waals surface area contributed by atoms with Crippen molar-refractivity contribution >= 4 is 48.3 Å². The molecule has 0 aliphatic heterocycles. The van der Waals surface area contributed by atoms with Crippen LogP contribution < -0.4 is 5.32 Å². The molecule has 102 valence electrons. The number of halogens is 2. The standard InChI is InChI=1S/C13H15Br2N3S/c1-8(2)5-12-17-18-13(19-12)16-7-9-3-4-10(14)11(15)6-9/h3-4,6,8H,5,7H2,1-2H3,(H,16,18). The summed E-state index contributed by atoms with van der Waals surface area (Å²) in [7, 11) is 0. The van der Waals surface area contributed by atoms with Crippen molar-refractivity contribution < 1.29 is 0 Å². The zero-order valence-corrected chi connectivity index (χ0v) is 14.8. The quantitative estimate of drug-likeness (QED) is 0.771. The van der Waals surface area contributed by atoms with Crippen molar-refractivity contribution in [1.82, 2.24) is 10.2 Å². The maximum atomic E-state index is 4.19. The maximum absolute atomic E-state index is 4.19. The van der Waals surface area contributed by atoms with E-state index in [4.69, 9.17) is 0 Å². The molecule has 1 aromatic heterocycles. The Morgan fingerprint density at radius 1 is 1.21 bits per heavy atom. The molecule has 0 saturated carbocycles. The van der Waals surface area contributed by atoms with E-state index < -0.39 is 0 Å². The highest BCUT2D eigenvalue weighted by atomic mass is 79.9. The minimum absolute atomic E-state index is 0.614. The summed E-state index contributed by atoms with van der Waals surface area (Å²) in [6, 6.07) is 6.20. The monoisotopic (exact) mass is 403 g/mol. The van der Waals surface area contributed by atoms with Crippen LogP contribution in [0.1, 0.15) is 24.4 Å². The maximum Gasteiger partial charge on any atom is 0.205 e. The van der Waals surface area contributed by atoms with Gasteiger partial charge in [-0.1, -0.05) is 31.3 Å². The summed E-state index contributed by atoms with van der Waals surface area (Å²) in [5.41, 5.74) is 1.20. The Hall–Kier alpha value is -0.460. The van der Waals surface area contributed by atoms with Gasteiger partial charge in [0.15, 0.2) is 0 Å². The third-order valence-corrected chi connectivity index (χ3v) is 5.26. The highest BCUT2D eigenvalue weighted by Gasteiger charge is 2.06. The fraction of sp³-hybridized carbons (Fsp3) is 0.385. The molecule has 0 atom stereocenters. The van der Waals surface area contributed by atoms with Crippen LogP contribution in [0.4, 0.5) is 5.13 Å². The molecule has 0 spiro atoms. The number of aromatic nitrogens is 2. The van der Waals surface area contributed by atoms with E-state index in [0.717, 1.165) is 32.1 Å². The van der Waals surface area contributed by atoms with Crippen LogP contribution >= 0.6 is 43.2 Å². The molecular weight excluding hydrogens is 390 g/mol. The first-order chi connectivity index (χ1) is 9.04. The second kappa shape index (κ2) is 6.81. The van der Waals surface area contributed by atoms with Gasteiger partial charge in [0.2, 0.25) is 5.13 Å². The van der Waals surface area contributed by atoms with Gasteiger partial charge in [0, 0.05) is 21.9 Å². The predicted octanol–water partition coefficient (Wildman–Crippen LogP) is 4.87. The number of benzene rings is 1. The molecule has 2 rings (SSSR count). The summed E-state index contributed by atoms with van der Waals surface area (Å²) in [5, 5.41) is 13.6.